The number of nitrogens with zero attached hydrogens (tertiary/aromatic N) is 3. The number of aryl methyl sites for hydroxylation is 1. The lowest BCUT2D eigenvalue weighted by Crippen LogP contribution is -2.50. The van der Waals surface area contributed by atoms with E-state index in [9.17, 15) is 13.2 Å². The van der Waals surface area contributed by atoms with Gasteiger partial charge in [0.15, 0.2) is 0 Å². The molecule has 21 heavy (non-hydrogen) atoms. The molecule has 0 radical (unpaired) electrons. The van der Waals surface area contributed by atoms with Gasteiger partial charge in [0, 0.05) is 31.6 Å². The van der Waals surface area contributed by atoms with Gasteiger partial charge in [0.2, 0.25) is 10.0 Å². The fourth-order valence-corrected chi connectivity index (χ4v) is 4.21. The van der Waals surface area contributed by atoms with E-state index in [1.807, 2.05) is 0 Å². The number of amides is 1. The molecular weight excluding hydrogens is 310 g/mol. The SMILES string of the molecule is CCCc1nc(C(=O)N2CCN(S(=O)(=O)CC)CC2)cs1. The molecule has 118 valence electrons. The summed E-state index contributed by atoms with van der Waals surface area (Å²) in [6.07, 6.45) is 1.90. The van der Waals surface area contributed by atoms with Crippen LogP contribution < -0.4 is 0 Å². The summed E-state index contributed by atoms with van der Waals surface area (Å²) in [6, 6.07) is 0. The molecule has 0 saturated carbocycles. The molecule has 0 aliphatic carbocycles. The highest BCUT2D eigenvalue weighted by Crippen LogP contribution is 2.15. The Morgan fingerprint density at radius 3 is 2.52 bits per heavy atom. The first kappa shape index (κ1) is 16.4. The second kappa shape index (κ2) is 6.85. The molecular formula is C13H21N3O3S2. The molecule has 8 heteroatoms. The van der Waals surface area contributed by atoms with Gasteiger partial charge >= 0.3 is 0 Å². The van der Waals surface area contributed by atoms with Gasteiger partial charge in [-0.1, -0.05) is 6.92 Å². The van der Waals surface area contributed by atoms with E-state index in [2.05, 4.69) is 11.9 Å². The van der Waals surface area contributed by atoms with E-state index in [1.165, 1.54) is 15.6 Å². The van der Waals surface area contributed by atoms with Crippen molar-refractivity contribution in [2.75, 3.05) is 31.9 Å². The lowest BCUT2D eigenvalue weighted by atomic mass is 10.3. The molecule has 1 aliphatic rings. The van der Waals surface area contributed by atoms with Crippen LogP contribution in [0.25, 0.3) is 0 Å². The van der Waals surface area contributed by atoms with Crippen LogP contribution >= 0.6 is 11.3 Å². The van der Waals surface area contributed by atoms with Crippen molar-refractivity contribution in [3.8, 4) is 0 Å². The summed E-state index contributed by atoms with van der Waals surface area (Å²) in [7, 11) is -3.16. The van der Waals surface area contributed by atoms with Crippen molar-refractivity contribution in [3.05, 3.63) is 16.1 Å². The summed E-state index contributed by atoms with van der Waals surface area (Å²) < 4.78 is 25.0. The summed E-state index contributed by atoms with van der Waals surface area (Å²) in [5.41, 5.74) is 0.482. The first-order chi connectivity index (χ1) is 9.97. The maximum Gasteiger partial charge on any atom is 0.273 e. The maximum absolute atomic E-state index is 12.3. The third kappa shape index (κ3) is 3.81. The Bertz CT molecular complexity index is 590. The summed E-state index contributed by atoms with van der Waals surface area (Å²) in [4.78, 5) is 18.4. The second-order valence-electron chi connectivity index (χ2n) is 4.97. The van der Waals surface area contributed by atoms with E-state index in [4.69, 9.17) is 0 Å². The summed E-state index contributed by atoms with van der Waals surface area (Å²) in [6.45, 7) is 5.31. The average Bonchev–Trinajstić information content (AvgIpc) is 2.95. The van der Waals surface area contributed by atoms with Crippen molar-refractivity contribution < 1.29 is 13.2 Å². The van der Waals surface area contributed by atoms with E-state index in [-0.39, 0.29) is 11.7 Å². The van der Waals surface area contributed by atoms with Crippen molar-refractivity contribution in [1.82, 2.24) is 14.2 Å². The van der Waals surface area contributed by atoms with Gasteiger partial charge < -0.3 is 4.90 Å². The molecule has 0 aromatic carbocycles. The van der Waals surface area contributed by atoms with E-state index in [1.54, 1.807) is 17.2 Å². The maximum atomic E-state index is 12.3. The van der Waals surface area contributed by atoms with Crippen molar-refractivity contribution in [2.45, 2.75) is 26.7 Å². The van der Waals surface area contributed by atoms with Crippen molar-refractivity contribution >= 4 is 27.3 Å². The molecule has 0 bridgehead atoms. The molecule has 6 nitrogen and oxygen atoms in total. The largest absolute Gasteiger partial charge is 0.335 e. The molecule has 1 aliphatic heterocycles. The summed E-state index contributed by atoms with van der Waals surface area (Å²) in [5, 5.41) is 2.77. The standard InChI is InChI=1S/C13H21N3O3S2/c1-3-5-12-14-11(10-20-12)13(17)15-6-8-16(9-7-15)21(18,19)4-2/h10H,3-9H2,1-2H3. The molecule has 1 aromatic rings. The zero-order chi connectivity index (χ0) is 15.5. The smallest absolute Gasteiger partial charge is 0.273 e. The molecule has 1 fully saturated rings. The highest BCUT2D eigenvalue weighted by Gasteiger charge is 2.28. The summed E-state index contributed by atoms with van der Waals surface area (Å²) in [5.74, 6) is 0.00934. The highest BCUT2D eigenvalue weighted by atomic mass is 32.2. The van der Waals surface area contributed by atoms with Crippen LogP contribution in [0.2, 0.25) is 0 Å². The van der Waals surface area contributed by atoms with Gasteiger partial charge in [0.25, 0.3) is 5.91 Å². The zero-order valence-electron chi connectivity index (χ0n) is 12.4. The lowest BCUT2D eigenvalue weighted by molar-refractivity contribution is 0.0692. The molecule has 1 aromatic heterocycles. The predicted octanol–water partition coefficient (Wildman–Crippen LogP) is 1.20. The number of carbonyl (C=O) groups excluding carboxylic acids is 1. The molecule has 2 rings (SSSR count). The van der Waals surface area contributed by atoms with Crippen LogP contribution in [0.4, 0.5) is 0 Å². The van der Waals surface area contributed by atoms with Gasteiger partial charge in [-0.05, 0) is 19.8 Å². The lowest BCUT2D eigenvalue weighted by Gasteiger charge is -2.33. The van der Waals surface area contributed by atoms with E-state index < -0.39 is 10.0 Å². The minimum Gasteiger partial charge on any atom is -0.335 e. The average molecular weight is 331 g/mol. The fourth-order valence-electron chi connectivity index (χ4n) is 2.25. The van der Waals surface area contributed by atoms with Crippen LogP contribution in [0.1, 0.15) is 35.8 Å². The Kier molecular flexibility index (Phi) is 5.34. The monoisotopic (exact) mass is 331 g/mol. The Hall–Kier alpha value is -0.990. The number of hydrogen-bond donors (Lipinski definition) is 0. The minimum absolute atomic E-state index is 0.0952. The molecule has 0 spiro atoms. The van der Waals surface area contributed by atoms with Crippen molar-refractivity contribution in [1.29, 1.82) is 0 Å². The van der Waals surface area contributed by atoms with Gasteiger partial charge in [-0.15, -0.1) is 11.3 Å². The van der Waals surface area contributed by atoms with Crippen LogP contribution in [0.15, 0.2) is 5.38 Å². The highest BCUT2D eigenvalue weighted by molar-refractivity contribution is 7.89. The van der Waals surface area contributed by atoms with Gasteiger partial charge in [0.1, 0.15) is 5.69 Å². The van der Waals surface area contributed by atoms with E-state index >= 15 is 0 Å². The first-order valence-corrected chi connectivity index (χ1v) is 9.68. The van der Waals surface area contributed by atoms with E-state index in [0.29, 0.717) is 31.9 Å². The Balaban J connectivity index is 1.96. The van der Waals surface area contributed by atoms with Crippen molar-refractivity contribution in [3.63, 3.8) is 0 Å². The third-order valence-corrected chi connectivity index (χ3v) is 6.31. The van der Waals surface area contributed by atoms with Gasteiger partial charge in [-0.25, -0.2) is 13.4 Å². The topological polar surface area (TPSA) is 70.6 Å². The second-order valence-corrected chi connectivity index (χ2v) is 8.17. The van der Waals surface area contributed by atoms with Crippen LogP contribution in [-0.4, -0.2) is 60.4 Å². The molecule has 1 amide bonds. The third-order valence-electron chi connectivity index (χ3n) is 3.52. The number of sulfonamides is 1. The summed E-state index contributed by atoms with van der Waals surface area (Å²) >= 11 is 1.51. The van der Waals surface area contributed by atoms with Gasteiger partial charge in [-0.3, -0.25) is 4.79 Å². The molecule has 0 unspecified atom stereocenters. The van der Waals surface area contributed by atoms with Crippen LogP contribution in [0.3, 0.4) is 0 Å². The van der Waals surface area contributed by atoms with Crippen LogP contribution in [0, 0.1) is 0 Å². The Morgan fingerprint density at radius 1 is 1.29 bits per heavy atom. The normalized spacial score (nSPS) is 17.1. The van der Waals surface area contributed by atoms with E-state index in [0.717, 1.165) is 17.8 Å². The van der Waals surface area contributed by atoms with Crippen molar-refractivity contribution in [2.24, 2.45) is 0 Å². The molecule has 2 heterocycles. The number of hydrogen-bond acceptors (Lipinski definition) is 5. The van der Waals surface area contributed by atoms with Gasteiger partial charge in [0.05, 0.1) is 10.8 Å². The first-order valence-electron chi connectivity index (χ1n) is 7.19. The van der Waals surface area contributed by atoms with Gasteiger partial charge in [-0.2, -0.15) is 4.31 Å². The number of thiazole rings is 1. The minimum atomic E-state index is -3.16. The van der Waals surface area contributed by atoms with Crippen LogP contribution in [-0.2, 0) is 16.4 Å². The number of aromatic nitrogens is 1. The predicted molar refractivity (Wildman–Crippen MR) is 83.0 cm³/mol. The Labute approximate surface area is 129 Å². The molecule has 0 atom stereocenters. The Morgan fingerprint density at radius 2 is 1.95 bits per heavy atom. The molecule has 1 saturated heterocycles. The number of carbonyl (C=O) groups is 1. The number of rotatable bonds is 5. The fraction of sp³-hybridized carbons (Fsp3) is 0.692. The number of piperazine rings is 1. The van der Waals surface area contributed by atoms with Crippen LogP contribution in [0.5, 0.6) is 0 Å². The zero-order valence-corrected chi connectivity index (χ0v) is 14.0. The quantitative estimate of drug-likeness (QED) is 0.813. The molecule has 0 N–H and O–H groups in total.